The fourth-order valence-electron chi connectivity index (χ4n) is 2.16. The lowest BCUT2D eigenvalue weighted by atomic mass is 10.1. The summed E-state index contributed by atoms with van der Waals surface area (Å²) in [6.07, 6.45) is 5.10. The van der Waals surface area contributed by atoms with Crippen LogP contribution in [0.1, 0.15) is 24.1 Å². The molecule has 0 aliphatic rings. The second-order valence-electron chi connectivity index (χ2n) is 5.02. The predicted octanol–water partition coefficient (Wildman–Crippen LogP) is 3.28. The van der Waals surface area contributed by atoms with Crippen molar-refractivity contribution >= 4 is 15.9 Å². The molecule has 112 valence electrons. The van der Waals surface area contributed by atoms with Gasteiger partial charge in [-0.25, -0.2) is 14.6 Å². The molecule has 2 aromatic heterocycles. The van der Waals surface area contributed by atoms with E-state index in [4.69, 9.17) is 0 Å². The minimum Gasteiger partial charge on any atom is -0.306 e. The first-order chi connectivity index (χ1) is 10.7. The van der Waals surface area contributed by atoms with Gasteiger partial charge < -0.3 is 5.32 Å². The summed E-state index contributed by atoms with van der Waals surface area (Å²) in [5, 5.41) is 7.62. The van der Waals surface area contributed by atoms with Gasteiger partial charge >= 0.3 is 0 Å². The standard InChI is InChI=1S/C16H16BrN5/c1-12(19-8-13-2-7-16(17)20-9-13)14-3-5-15(6-4-14)22-11-18-10-21-22/h2-7,9-12,19H,8H2,1H3/t12-/m1/s1. The molecule has 0 aliphatic carbocycles. The molecule has 0 fully saturated rings. The van der Waals surface area contributed by atoms with E-state index in [9.17, 15) is 0 Å². The van der Waals surface area contributed by atoms with Crippen molar-refractivity contribution in [1.29, 1.82) is 0 Å². The molecule has 0 unspecified atom stereocenters. The van der Waals surface area contributed by atoms with Crippen molar-refractivity contribution < 1.29 is 0 Å². The molecule has 5 nitrogen and oxygen atoms in total. The van der Waals surface area contributed by atoms with Gasteiger partial charge in [0.05, 0.1) is 5.69 Å². The SMILES string of the molecule is C[C@@H](NCc1ccc(Br)nc1)c1ccc(-n2cncn2)cc1. The Bertz CT molecular complexity index is 707. The summed E-state index contributed by atoms with van der Waals surface area (Å²) in [6, 6.07) is 12.6. The van der Waals surface area contributed by atoms with Gasteiger partial charge in [-0.1, -0.05) is 18.2 Å². The van der Waals surface area contributed by atoms with E-state index in [1.165, 1.54) is 11.9 Å². The van der Waals surface area contributed by atoms with E-state index in [1.54, 1.807) is 11.0 Å². The number of pyridine rings is 1. The van der Waals surface area contributed by atoms with Crippen LogP contribution >= 0.6 is 15.9 Å². The van der Waals surface area contributed by atoms with Gasteiger partial charge in [0.1, 0.15) is 17.3 Å². The second-order valence-corrected chi connectivity index (χ2v) is 5.84. The topological polar surface area (TPSA) is 55.6 Å². The molecular formula is C16H16BrN5. The van der Waals surface area contributed by atoms with Crippen LogP contribution in [-0.2, 0) is 6.54 Å². The normalized spacial score (nSPS) is 12.3. The molecule has 3 rings (SSSR count). The van der Waals surface area contributed by atoms with E-state index in [1.807, 2.05) is 24.4 Å². The maximum atomic E-state index is 4.23. The molecule has 0 spiro atoms. The molecule has 6 heteroatoms. The van der Waals surface area contributed by atoms with Crippen LogP contribution in [0.25, 0.3) is 5.69 Å². The lowest BCUT2D eigenvalue weighted by molar-refractivity contribution is 0.573. The summed E-state index contributed by atoms with van der Waals surface area (Å²) in [6.45, 7) is 2.93. The van der Waals surface area contributed by atoms with Crippen molar-refractivity contribution in [2.24, 2.45) is 0 Å². The molecule has 3 aromatic rings. The van der Waals surface area contributed by atoms with Crippen LogP contribution in [0.2, 0.25) is 0 Å². The molecule has 0 amide bonds. The van der Waals surface area contributed by atoms with Crippen molar-refractivity contribution in [3.63, 3.8) is 0 Å². The molecule has 22 heavy (non-hydrogen) atoms. The molecule has 0 saturated carbocycles. The maximum Gasteiger partial charge on any atom is 0.138 e. The van der Waals surface area contributed by atoms with Crippen molar-refractivity contribution in [2.75, 3.05) is 0 Å². The molecule has 1 aromatic carbocycles. The Morgan fingerprint density at radius 3 is 2.64 bits per heavy atom. The highest BCUT2D eigenvalue weighted by Gasteiger charge is 2.06. The highest BCUT2D eigenvalue weighted by Crippen LogP contribution is 2.16. The Balaban J connectivity index is 1.62. The molecule has 0 saturated heterocycles. The zero-order valence-corrected chi connectivity index (χ0v) is 13.7. The first-order valence-corrected chi connectivity index (χ1v) is 7.80. The van der Waals surface area contributed by atoms with Gasteiger partial charge in [-0.2, -0.15) is 5.10 Å². The minimum atomic E-state index is 0.258. The zero-order chi connectivity index (χ0) is 15.4. The van der Waals surface area contributed by atoms with Crippen LogP contribution in [0.15, 0.2) is 59.9 Å². The minimum absolute atomic E-state index is 0.258. The Morgan fingerprint density at radius 1 is 1.18 bits per heavy atom. The molecule has 1 N–H and O–H groups in total. The number of benzene rings is 1. The van der Waals surface area contributed by atoms with Crippen molar-refractivity contribution in [1.82, 2.24) is 25.1 Å². The van der Waals surface area contributed by atoms with Crippen LogP contribution < -0.4 is 5.32 Å². The summed E-state index contributed by atoms with van der Waals surface area (Å²) < 4.78 is 2.60. The van der Waals surface area contributed by atoms with Gasteiger partial charge in [-0.3, -0.25) is 0 Å². The van der Waals surface area contributed by atoms with E-state index < -0.39 is 0 Å². The number of rotatable bonds is 5. The summed E-state index contributed by atoms with van der Waals surface area (Å²) in [4.78, 5) is 8.19. The van der Waals surface area contributed by atoms with Gasteiger partial charge in [-0.15, -0.1) is 0 Å². The van der Waals surface area contributed by atoms with E-state index in [2.05, 4.69) is 61.4 Å². The average molecular weight is 358 g/mol. The van der Waals surface area contributed by atoms with Crippen molar-refractivity contribution in [2.45, 2.75) is 19.5 Å². The fourth-order valence-corrected chi connectivity index (χ4v) is 2.39. The second kappa shape index (κ2) is 6.81. The quantitative estimate of drug-likeness (QED) is 0.712. The smallest absolute Gasteiger partial charge is 0.138 e. The highest BCUT2D eigenvalue weighted by atomic mass is 79.9. The average Bonchev–Trinajstić information content (AvgIpc) is 3.09. The van der Waals surface area contributed by atoms with Gasteiger partial charge in [0, 0.05) is 18.8 Å². The first-order valence-electron chi connectivity index (χ1n) is 7.01. The van der Waals surface area contributed by atoms with Gasteiger partial charge in [0.25, 0.3) is 0 Å². The largest absolute Gasteiger partial charge is 0.306 e. The lowest BCUT2D eigenvalue weighted by Gasteiger charge is -2.14. The van der Waals surface area contributed by atoms with Crippen molar-refractivity contribution in [3.8, 4) is 5.69 Å². The summed E-state index contributed by atoms with van der Waals surface area (Å²) in [5.41, 5.74) is 3.40. The molecular weight excluding hydrogens is 342 g/mol. The number of hydrogen-bond donors (Lipinski definition) is 1. The van der Waals surface area contributed by atoms with E-state index in [0.29, 0.717) is 0 Å². The maximum absolute atomic E-state index is 4.23. The van der Waals surface area contributed by atoms with E-state index in [0.717, 1.165) is 22.4 Å². The number of hydrogen-bond acceptors (Lipinski definition) is 4. The highest BCUT2D eigenvalue weighted by molar-refractivity contribution is 9.10. The molecule has 1 atom stereocenters. The number of halogens is 1. The van der Waals surface area contributed by atoms with Crippen LogP contribution in [0.4, 0.5) is 0 Å². The fraction of sp³-hybridized carbons (Fsp3) is 0.188. The van der Waals surface area contributed by atoms with Crippen LogP contribution in [0.3, 0.4) is 0 Å². The molecule has 0 bridgehead atoms. The zero-order valence-electron chi connectivity index (χ0n) is 12.1. The van der Waals surface area contributed by atoms with E-state index in [-0.39, 0.29) is 6.04 Å². The van der Waals surface area contributed by atoms with E-state index >= 15 is 0 Å². The number of nitrogens with zero attached hydrogens (tertiary/aromatic N) is 4. The third-order valence-corrected chi connectivity index (χ3v) is 3.95. The Kier molecular flexibility index (Phi) is 4.60. The van der Waals surface area contributed by atoms with Crippen LogP contribution in [-0.4, -0.2) is 19.7 Å². The molecule has 0 aliphatic heterocycles. The van der Waals surface area contributed by atoms with Crippen LogP contribution in [0.5, 0.6) is 0 Å². The summed E-state index contributed by atoms with van der Waals surface area (Å²) in [7, 11) is 0. The van der Waals surface area contributed by atoms with Gasteiger partial charge in [-0.05, 0) is 52.2 Å². The monoisotopic (exact) mass is 357 g/mol. The van der Waals surface area contributed by atoms with Crippen LogP contribution in [0, 0.1) is 0 Å². The third-order valence-electron chi connectivity index (χ3n) is 3.48. The van der Waals surface area contributed by atoms with Crippen molar-refractivity contribution in [3.05, 3.63) is 71.0 Å². The van der Waals surface area contributed by atoms with Gasteiger partial charge in [0.2, 0.25) is 0 Å². The summed E-state index contributed by atoms with van der Waals surface area (Å²) >= 11 is 3.34. The Hall–Kier alpha value is -2.05. The third kappa shape index (κ3) is 3.58. The Labute approximate surface area is 137 Å². The predicted molar refractivity (Wildman–Crippen MR) is 88.6 cm³/mol. The number of nitrogens with one attached hydrogen (secondary N) is 1. The first kappa shape index (κ1) is 14.9. The molecule has 2 heterocycles. The molecule has 0 radical (unpaired) electrons. The lowest BCUT2D eigenvalue weighted by Crippen LogP contribution is -2.18. The number of aromatic nitrogens is 4. The van der Waals surface area contributed by atoms with Gasteiger partial charge in [0.15, 0.2) is 0 Å². The summed E-state index contributed by atoms with van der Waals surface area (Å²) in [5.74, 6) is 0. The Morgan fingerprint density at radius 2 is 2.00 bits per heavy atom.